The normalized spacial score (nSPS) is 10.6. The van der Waals surface area contributed by atoms with Crippen molar-refractivity contribution in [3.8, 4) is 0 Å². The lowest BCUT2D eigenvalue weighted by molar-refractivity contribution is 0.102. The Morgan fingerprint density at radius 2 is 1.95 bits per heavy atom. The highest BCUT2D eigenvalue weighted by Gasteiger charge is 2.12. The van der Waals surface area contributed by atoms with Crippen molar-refractivity contribution in [1.82, 2.24) is 4.98 Å². The second kappa shape index (κ2) is 5.84. The number of amides is 1. The van der Waals surface area contributed by atoms with Gasteiger partial charge in [-0.2, -0.15) is 0 Å². The van der Waals surface area contributed by atoms with Crippen LogP contribution in [0.1, 0.15) is 10.4 Å². The second-order valence-electron chi connectivity index (χ2n) is 4.47. The van der Waals surface area contributed by atoms with Gasteiger partial charge < -0.3 is 5.32 Å². The third-order valence-corrected chi connectivity index (χ3v) is 4.34. The lowest BCUT2D eigenvalue weighted by atomic mass is 10.2. The molecule has 3 nitrogen and oxygen atoms in total. The zero-order chi connectivity index (χ0) is 14.8. The molecule has 3 rings (SSSR count). The molecule has 0 aliphatic heterocycles. The average molecular weight is 362 g/mol. The quantitative estimate of drug-likeness (QED) is 0.705. The van der Waals surface area contributed by atoms with Crippen LogP contribution in [0.4, 0.5) is 5.69 Å². The number of nitrogens with zero attached hydrogens (tertiary/aromatic N) is 1. The van der Waals surface area contributed by atoms with Crippen LogP contribution >= 0.6 is 27.5 Å². The van der Waals surface area contributed by atoms with E-state index in [1.807, 2.05) is 30.3 Å². The van der Waals surface area contributed by atoms with Gasteiger partial charge in [-0.15, -0.1) is 0 Å². The number of carbonyl (C=O) groups is 1. The van der Waals surface area contributed by atoms with Gasteiger partial charge in [0.15, 0.2) is 0 Å². The molecular formula is C16H10BrClN2O. The van der Waals surface area contributed by atoms with Gasteiger partial charge in [-0.1, -0.05) is 35.9 Å². The number of para-hydroxylation sites is 1. The maximum Gasteiger partial charge on any atom is 0.257 e. The molecule has 0 atom stereocenters. The minimum absolute atomic E-state index is 0.265. The minimum atomic E-state index is -0.265. The summed E-state index contributed by atoms with van der Waals surface area (Å²) in [6.07, 6.45) is 1.63. The molecule has 21 heavy (non-hydrogen) atoms. The summed E-state index contributed by atoms with van der Waals surface area (Å²) in [5.41, 5.74) is 1.94. The van der Waals surface area contributed by atoms with Gasteiger partial charge in [-0.05, 0) is 40.2 Å². The highest BCUT2D eigenvalue weighted by Crippen LogP contribution is 2.27. The number of fused-ring (bicyclic) bond motifs is 1. The molecule has 0 fully saturated rings. The lowest BCUT2D eigenvalue weighted by Gasteiger charge is -2.08. The number of benzene rings is 2. The molecule has 3 aromatic rings. The van der Waals surface area contributed by atoms with Crippen molar-refractivity contribution in [3.05, 3.63) is 69.8 Å². The Balaban J connectivity index is 1.91. The van der Waals surface area contributed by atoms with E-state index in [1.54, 1.807) is 24.4 Å². The van der Waals surface area contributed by atoms with Crippen LogP contribution < -0.4 is 5.32 Å². The molecule has 2 aromatic carbocycles. The molecule has 1 aromatic heterocycles. The first-order chi connectivity index (χ1) is 10.1. The maximum atomic E-state index is 12.3. The van der Waals surface area contributed by atoms with Crippen molar-refractivity contribution in [3.63, 3.8) is 0 Å². The van der Waals surface area contributed by atoms with E-state index in [-0.39, 0.29) is 5.91 Å². The monoisotopic (exact) mass is 360 g/mol. The van der Waals surface area contributed by atoms with E-state index in [0.717, 1.165) is 10.9 Å². The van der Waals surface area contributed by atoms with Gasteiger partial charge in [0.05, 0.1) is 28.0 Å². The fourth-order valence-corrected chi connectivity index (χ4v) is 2.59. The Morgan fingerprint density at radius 3 is 2.81 bits per heavy atom. The number of aromatic nitrogens is 1. The van der Waals surface area contributed by atoms with Crippen molar-refractivity contribution in [2.24, 2.45) is 0 Å². The van der Waals surface area contributed by atoms with E-state index in [9.17, 15) is 4.79 Å². The van der Waals surface area contributed by atoms with Crippen LogP contribution in [-0.4, -0.2) is 10.9 Å². The van der Waals surface area contributed by atoms with Gasteiger partial charge in [-0.3, -0.25) is 9.78 Å². The fourth-order valence-electron chi connectivity index (χ4n) is 2.02. The molecular weight excluding hydrogens is 352 g/mol. The molecule has 0 unspecified atom stereocenters. The van der Waals surface area contributed by atoms with Crippen LogP contribution in [0.15, 0.2) is 59.2 Å². The van der Waals surface area contributed by atoms with Crippen molar-refractivity contribution in [2.75, 3.05) is 5.32 Å². The van der Waals surface area contributed by atoms with E-state index in [2.05, 4.69) is 26.2 Å². The standard InChI is InChI=1S/C16H10BrClN2O/c17-13-6-3-5-12(15(13)18)16(21)20-11-8-10-4-1-2-7-14(10)19-9-11/h1-9H,(H,20,21). The number of nitrogens with one attached hydrogen (secondary N) is 1. The van der Waals surface area contributed by atoms with E-state index in [4.69, 9.17) is 11.6 Å². The highest BCUT2D eigenvalue weighted by atomic mass is 79.9. The largest absolute Gasteiger partial charge is 0.321 e. The fraction of sp³-hybridized carbons (Fsp3) is 0. The number of rotatable bonds is 2. The van der Waals surface area contributed by atoms with Crippen molar-refractivity contribution in [2.45, 2.75) is 0 Å². The Morgan fingerprint density at radius 1 is 1.14 bits per heavy atom. The van der Waals surface area contributed by atoms with Crippen LogP contribution in [0.2, 0.25) is 5.02 Å². The first-order valence-corrected chi connectivity index (χ1v) is 7.42. The molecule has 0 aliphatic rings. The maximum absolute atomic E-state index is 12.3. The van der Waals surface area contributed by atoms with Gasteiger partial charge in [0.1, 0.15) is 0 Å². The van der Waals surface area contributed by atoms with Gasteiger partial charge in [-0.25, -0.2) is 0 Å². The molecule has 5 heteroatoms. The van der Waals surface area contributed by atoms with Gasteiger partial charge in [0.25, 0.3) is 5.91 Å². The summed E-state index contributed by atoms with van der Waals surface area (Å²) >= 11 is 9.43. The Hall–Kier alpha value is -1.91. The summed E-state index contributed by atoms with van der Waals surface area (Å²) in [4.78, 5) is 16.6. The number of carbonyl (C=O) groups excluding carboxylic acids is 1. The molecule has 104 valence electrons. The second-order valence-corrected chi connectivity index (χ2v) is 5.70. The molecule has 0 aliphatic carbocycles. The van der Waals surface area contributed by atoms with Crippen LogP contribution in [0.3, 0.4) is 0 Å². The van der Waals surface area contributed by atoms with Crippen LogP contribution in [0.25, 0.3) is 10.9 Å². The zero-order valence-electron chi connectivity index (χ0n) is 10.8. The lowest BCUT2D eigenvalue weighted by Crippen LogP contribution is -2.12. The first kappa shape index (κ1) is 14.0. The van der Waals surface area contributed by atoms with Crippen LogP contribution in [-0.2, 0) is 0 Å². The van der Waals surface area contributed by atoms with Crippen LogP contribution in [0.5, 0.6) is 0 Å². The summed E-state index contributed by atoms with van der Waals surface area (Å²) < 4.78 is 0.688. The number of hydrogen-bond donors (Lipinski definition) is 1. The predicted molar refractivity (Wildman–Crippen MR) is 88.8 cm³/mol. The number of pyridine rings is 1. The molecule has 0 saturated carbocycles. The Kier molecular flexibility index (Phi) is 3.90. The topological polar surface area (TPSA) is 42.0 Å². The summed E-state index contributed by atoms with van der Waals surface area (Å²) in [7, 11) is 0. The smallest absolute Gasteiger partial charge is 0.257 e. The minimum Gasteiger partial charge on any atom is -0.321 e. The molecule has 0 saturated heterocycles. The van der Waals surface area contributed by atoms with Crippen LogP contribution in [0, 0.1) is 0 Å². The molecule has 1 amide bonds. The van der Waals surface area contributed by atoms with E-state index in [0.29, 0.717) is 20.7 Å². The van der Waals surface area contributed by atoms with E-state index < -0.39 is 0 Å². The summed E-state index contributed by atoms with van der Waals surface area (Å²) in [6, 6.07) is 14.8. The average Bonchev–Trinajstić information content (AvgIpc) is 2.50. The summed E-state index contributed by atoms with van der Waals surface area (Å²) in [5, 5.41) is 4.17. The zero-order valence-corrected chi connectivity index (χ0v) is 13.1. The molecule has 1 N–H and O–H groups in total. The Bertz CT molecular complexity index is 835. The molecule has 0 spiro atoms. The molecule has 0 bridgehead atoms. The third-order valence-electron chi connectivity index (χ3n) is 3.04. The predicted octanol–water partition coefficient (Wildman–Crippen LogP) is 4.90. The van der Waals surface area contributed by atoms with Crippen molar-refractivity contribution < 1.29 is 4.79 Å². The SMILES string of the molecule is O=C(Nc1cnc2ccccc2c1)c1cccc(Br)c1Cl. The summed E-state index contributed by atoms with van der Waals surface area (Å²) in [6.45, 7) is 0. The first-order valence-electron chi connectivity index (χ1n) is 6.25. The Labute approximate surface area is 135 Å². The van der Waals surface area contributed by atoms with Gasteiger partial charge >= 0.3 is 0 Å². The molecule has 1 heterocycles. The number of hydrogen-bond acceptors (Lipinski definition) is 2. The van der Waals surface area contributed by atoms with Crippen molar-refractivity contribution >= 4 is 50.0 Å². The third kappa shape index (κ3) is 2.91. The van der Waals surface area contributed by atoms with Gasteiger partial charge in [0.2, 0.25) is 0 Å². The number of halogens is 2. The molecule has 0 radical (unpaired) electrons. The summed E-state index contributed by atoms with van der Waals surface area (Å²) in [5.74, 6) is -0.265. The number of anilines is 1. The van der Waals surface area contributed by atoms with E-state index >= 15 is 0 Å². The van der Waals surface area contributed by atoms with E-state index in [1.165, 1.54) is 0 Å². The highest BCUT2D eigenvalue weighted by molar-refractivity contribution is 9.10. The van der Waals surface area contributed by atoms with Gasteiger partial charge in [0, 0.05) is 9.86 Å². The van der Waals surface area contributed by atoms with Crippen molar-refractivity contribution in [1.29, 1.82) is 0 Å².